The Morgan fingerprint density at radius 2 is 2.46 bits per heavy atom. The molecule has 0 saturated carbocycles. The molecule has 13 heavy (non-hydrogen) atoms. The van der Waals surface area contributed by atoms with Crippen LogP contribution < -0.4 is 0 Å². The third-order valence-electron chi connectivity index (χ3n) is 1.42. The second-order valence-corrected chi connectivity index (χ2v) is 3.87. The first-order valence-electron chi connectivity index (χ1n) is 3.50. The van der Waals surface area contributed by atoms with Crippen LogP contribution in [0, 0.1) is 3.57 Å². The number of nitrogens with zero attached hydrogens (tertiary/aromatic N) is 3. The van der Waals surface area contributed by atoms with Gasteiger partial charge in [0.2, 0.25) is 0 Å². The summed E-state index contributed by atoms with van der Waals surface area (Å²) in [7, 11) is 0. The van der Waals surface area contributed by atoms with Crippen molar-refractivity contribution in [2.24, 2.45) is 0 Å². The summed E-state index contributed by atoms with van der Waals surface area (Å²) in [5.74, 6) is 0.349. The van der Waals surface area contributed by atoms with Gasteiger partial charge in [0.15, 0.2) is 0 Å². The van der Waals surface area contributed by atoms with E-state index in [-0.39, 0.29) is 0 Å². The average Bonchev–Trinajstić information content (AvgIpc) is 2.71. The maximum absolute atomic E-state index is 5.58. The van der Waals surface area contributed by atoms with Crippen LogP contribution in [0.15, 0.2) is 23.1 Å². The Balaban J connectivity index is 2.35. The molecule has 0 spiro atoms. The van der Waals surface area contributed by atoms with E-state index in [9.17, 15) is 0 Å². The predicted octanol–water partition coefficient (Wildman–Crippen LogP) is 2.20. The highest BCUT2D eigenvalue weighted by Crippen LogP contribution is 2.10. The Morgan fingerprint density at radius 1 is 1.62 bits per heavy atom. The Hall–Kier alpha value is -0.560. The lowest BCUT2D eigenvalue weighted by atomic mass is 10.6. The zero-order chi connectivity index (χ0) is 9.26. The van der Waals surface area contributed by atoms with E-state index < -0.39 is 0 Å². The first kappa shape index (κ1) is 9.01. The van der Waals surface area contributed by atoms with Gasteiger partial charge in [0.25, 0.3) is 0 Å². The second kappa shape index (κ2) is 3.67. The van der Waals surface area contributed by atoms with Crippen LogP contribution in [0.4, 0.5) is 0 Å². The van der Waals surface area contributed by atoms with Gasteiger partial charge in [-0.05, 0) is 22.6 Å². The summed E-state index contributed by atoms with van der Waals surface area (Å²) in [4.78, 5) is 4.11. The molecule has 2 aromatic rings. The van der Waals surface area contributed by atoms with Gasteiger partial charge in [-0.3, -0.25) is 0 Å². The van der Waals surface area contributed by atoms with Gasteiger partial charge in [-0.15, -0.1) is 11.6 Å². The van der Waals surface area contributed by atoms with E-state index in [1.54, 1.807) is 10.9 Å². The van der Waals surface area contributed by atoms with Crippen molar-refractivity contribution in [3.63, 3.8) is 0 Å². The molecule has 0 atom stereocenters. The molecule has 2 aromatic heterocycles. The highest BCUT2D eigenvalue weighted by Gasteiger charge is 2.05. The molecule has 2 rings (SSSR count). The van der Waals surface area contributed by atoms with Gasteiger partial charge in [0.05, 0.1) is 21.3 Å². The van der Waals surface area contributed by atoms with E-state index in [4.69, 9.17) is 16.0 Å². The van der Waals surface area contributed by atoms with Crippen molar-refractivity contribution >= 4 is 34.2 Å². The molecule has 68 valence electrons. The maximum Gasteiger partial charge on any atom is 0.322 e. The van der Waals surface area contributed by atoms with Crippen molar-refractivity contribution in [3.05, 3.63) is 27.9 Å². The number of rotatable bonds is 2. The van der Waals surface area contributed by atoms with Crippen LogP contribution >= 0.6 is 34.2 Å². The molecule has 0 aliphatic rings. The predicted molar refractivity (Wildman–Crippen MR) is 55.9 cm³/mol. The Morgan fingerprint density at radius 3 is 3.00 bits per heavy atom. The third-order valence-corrected chi connectivity index (χ3v) is 2.25. The summed E-state index contributed by atoms with van der Waals surface area (Å²) in [5, 5.41) is 4.04. The van der Waals surface area contributed by atoms with Crippen LogP contribution in [0.1, 0.15) is 5.69 Å². The standard InChI is InChI=1S/C7H5ClIN3O/c8-1-6-4-13-7(11-6)12-3-5(9)2-10-12/h2-4H,1H2. The quantitative estimate of drug-likeness (QED) is 0.631. The lowest BCUT2D eigenvalue weighted by Gasteiger charge is -1.89. The highest BCUT2D eigenvalue weighted by atomic mass is 127. The molecule has 0 aromatic carbocycles. The van der Waals surface area contributed by atoms with Gasteiger partial charge < -0.3 is 4.42 Å². The SMILES string of the molecule is ClCc1coc(-n2cc(I)cn2)n1. The summed E-state index contributed by atoms with van der Waals surface area (Å²) in [6.07, 6.45) is 5.08. The summed E-state index contributed by atoms with van der Waals surface area (Å²) in [6, 6.07) is 0.443. The van der Waals surface area contributed by atoms with E-state index in [0.29, 0.717) is 17.6 Å². The minimum absolute atomic E-state index is 0.349. The van der Waals surface area contributed by atoms with Crippen LogP contribution in [0.2, 0.25) is 0 Å². The fraction of sp³-hybridized carbons (Fsp3) is 0.143. The topological polar surface area (TPSA) is 43.9 Å². The molecule has 0 radical (unpaired) electrons. The summed E-state index contributed by atoms with van der Waals surface area (Å²) >= 11 is 7.74. The number of alkyl halides is 1. The first-order chi connectivity index (χ1) is 6.29. The van der Waals surface area contributed by atoms with Gasteiger partial charge in [0.1, 0.15) is 6.26 Å². The summed E-state index contributed by atoms with van der Waals surface area (Å²) < 4.78 is 7.75. The molecule has 0 bridgehead atoms. The molecule has 6 heteroatoms. The summed E-state index contributed by atoms with van der Waals surface area (Å²) in [5.41, 5.74) is 0.710. The molecular weight excluding hydrogens is 304 g/mol. The van der Waals surface area contributed by atoms with Gasteiger partial charge in [-0.1, -0.05) is 0 Å². The molecule has 0 N–H and O–H groups in total. The molecule has 0 aliphatic heterocycles. The third kappa shape index (κ3) is 1.86. The average molecular weight is 309 g/mol. The first-order valence-corrected chi connectivity index (χ1v) is 5.12. The van der Waals surface area contributed by atoms with Crippen molar-refractivity contribution in [2.45, 2.75) is 5.88 Å². The molecular formula is C7H5ClIN3O. The normalized spacial score (nSPS) is 10.6. The smallest absolute Gasteiger partial charge is 0.322 e. The molecule has 0 fully saturated rings. The van der Waals surface area contributed by atoms with Crippen LogP contribution in [-0.2, 0) is 5.88 Å². The van der Waals surface area contributed by atoms with E-state index in [2.05, 4.69) is 32.7 Å². The lowest BCUT2D eigenvalue weighted by Crippen LogP contribution is -1.94. The molecule has 0 unspecified atom stereocenters. The van der Waals surface area contributed by atoms with Gasteiger partial charge >= 0.3 is 6.01 Å². The van der Waals surface area contributed by atoms with Crippen molar-refractivity contribution < 1.29 is 4.42 Å². The molecule has 2 heterocycles. The second-order valence-electron chi connectivity index (χ2n) is 2.36. The molecule has 4 nitrogen and oxygen atoms in total. The fourth-order valence-electron chi connectivity index (χ4n) is 0.868. The van der Waals surface area contributed by atoms with Crippen molar-refractivity contribution in [1.82, 2.24) is 14.8 Å². The minimum Gasteiger partial charge on any atom is -0.430 e. The zero-order valence-corrected chi connectivity index (χ0v) is 9.36. The number of hydrogen-bond donors (Lipinski definition) is 0. The zero-order valence-electron chi connectivity index (χ0n) is 6.44. The molecule has 0 aliphatic carbocycles. The number of aromatic nitrogens is 3. The largest absolute Gasteiger partial charge is 0.430 e. The van der Waals surface area contributed by atoms with E-state index in [1.807, 2.05) is 6.20 Å². The van der Waals surface area contributed by atoms with Gasteiger partial charge in [0, 0.05) is 6.20 Å². The lowest BCUT2D eigenvalue weighted by molar-refractivity contribution is 0.509. The minimum atomic E-state index is 0.349. The molecule has 0 amide bonds. The maximum atomic E-state index is 5.58. The fourth-order valence-corrected chi connectivity index (χ4v) is 1.38. The van der Waals surface area contributed by atoms with E-state index in [1.165, 1.54) is 6.26 Å². The van der Waals surface area contributed by atoms with E-state index in [0.717, 1.165) is 3.57 Å². The van der Waals surface area contributed by atoms with Crippen LogP contribution in [-0.4, -0.2) is 14.8 Å². The van der Waals surface area contributed by atoms with Crippen molar-refractivity contribution in [1.29, 1.82) is 0 Å². The van der Waals surface area contributed by atoms with Gasteiger partial charge in [-0.2, -0.15) is 14.8 Å². The van der Waals surface area contributed by atoms with Crippen LogP contribution in [0.3, 0.4) is 0 Å². The number of hydrogen-bond acceptors (Lipinski definition) is 3. The number of oxazole rings is 1. The Labute approximate surface area is 93.0 Å². The molecule has 0 saturated heterocycles. The van der Waals surface area contributed by atoms with Crippen LogP contribution in [0.5, 0.6) is 0 Å². The summed E-state index contributed by atoms with van der Waals surface area (Å²) in [6.45, 7) is 0. The Bertz CT molecular complexity index is 411. The monoisotopic (exact) mass is 309 g/mol. The van der Waals surface area contributed by atoms with Crippen molar-refractivity contribution in [3.8, 4) is 6.01 Å². The van der Waals surface area contributed by atoms with Crippen molar-refractivity contribution in [2.75, 3.05) is 0 Å². The van der Waals surface area contributed by atoms with Gasteiger partial charge in [-0.25, -0.2) is 0 Å². The number of halogens is 2. The van der Waals surface area contributed by atoms with Crippen LogP contribution in [0.25, 0.3) is 6.01 Å². The highest BCUT2D eigenvalue weighted by molar-refractivity contribution is 14.1. The van der Waals surface area contributed by atoms with E-state index >= 15 is 0 Å². The Kier molecular flexibility index (Phi) is 2.54.